The molecule has 1 atom stereocenters. The largest absolute Gasteiger partial charge is 0.496 e. The van der Waals surface area contributed by atoms with Gasteiger partial charge in [-0.1, -0.05) is 13.3 Å². The SMILES string of the molecule is CCC(CCNc1ccc(OC)c(C)c1)CNC=O. The summed E-state index contributed by atoms with van der Waals surface area (Å²) in [5.74, 6) is 1.43. The van der Waals surface area contributed by atoms with Crippen LogP contribution in [0.1, 0.15) is 25.3 Å². The monoisotopic (exact) mass is 264 g/mol. The molecule has 0 aliphatic heterocycles. The number of carbonyl (C=O) groups excluding carboxylic acids is 1. The predicted octanol–water partition coefficient (Wildman–Crippen LogP) is 2.58. The first-order valence-electron chi connectivity index (χ1n) is 6.76. The van der Waals surface area contributed by atoms with Crippen molar-refractivity contribution in [2.24, 2.45) is 5.92 Å². The molecule has 1 unspecified atom stereocenters. The van der Waals surface area contributed by atoms with Crippen LogP contribution in [0.4, 0.5) is 5.69 Å². The molecule has 0 aliphatic carbocycles. The van der Waals surface area contributed by atoms with Gasteiger partial charge in [-0.25, -0.2) is 0 Å². The minimum absolute atomic E-state index is 0.525. The second-order valence-corrected chi connectivity index (χ2v) is 4.70. The van der Waals surface area contributed by atoms with E-state index in [0.29, 0.717) is 5.92 Å². The fourth-order valence-corrected chi connectivity index (χ4v) is 2.07. The van der Waals surface area contributed by atoms with Gasteiger partial charge in [-0.15, -0.1) is 0 Å². The van der Waals surface area contributed by atoms with Crippen molar-refractivity contribution in [2.45, 2.75) is 26.7 Å². The van der Waals surface area contributed by atoms with Crippen LogP contribution in [-0.2, 0) is 4.79 Å². The van der Waals surface area contributed by atoms with Crippen molar-refractivity contribution in [1.29, 1.82) is 0 Å². The summed E-state index contributed by atoms with van der Waals surface area (Å²) < 4.78 is 5.24. The second kappa shape index (κ2) is 8.40. The van der Waals surface area contributed by atoms with E-state index in [1.54, 1.807) is 7.11 Å². The minimum Gasteiger partial charge on any atom is -0.496 e. The van der Waals surface area contributed by atoms with Crippen molar-refractivity contribution < 1.29 is 9.53 Å². The molecule has 1 aromatic rings. The Balaban J connectivity index is 2.39. The molecule has 1 aromatic carbocycles. The van der Waals surface area contributed by atoms with Gasteiger partial charge in [0.15, 0.2) is 0 Å². The molecule has 0 heterocycles. The summed E-state index contributed by atoms with van der Waals surface area (Å²) >= 11 is 0. The standard InChI is InChI=1S/C15H24N2O2/c1-4-13(10-16-11-18)7-8-17-14-5-6-15(19-3)12(2)9-14/h5-6,9,11,13,17H,4,7-8,10H2,1-3H3,(H,16,18). The lowest BCUT2D eigenvalue weighted by atomic mass is 10.0. The van der Waals surface area contributed by atoms with E-state index in [9.17, 15) is 4.79 Å². The molecule has 4 nitrogen and oxygen atoms in total. The first-order valence-corrected chi connectivity index (χ1v) is 6.76. The number of carbonyl (C=O) groups is 1. The second-order valence-electron chi connectivity index (χ2n) is 4.70. The van der Waals surface area contributed by atoms with E-state index in [0.717, 1.165) is 49.3 Å². The predicted molar refractivity (Wildman–Crippen MR) is 78.7 cm³/mol. The Labute approximate surface area is 115 Å². The molecule has 0 spiro atoms. The van der Waals surface area contributed by atoms with Crippen LogP contribution < -0.4 is 15.4 Å². The van der Waals surface area contributed by atoms with Gasteiger partial charge in [-0.05, 0) is 43.0 Å². The highest BCUT2D eigenvalue weighted by atomic mass is 16.5. The van der Waals surface area contributed by atoms with E-state index in [4.69, 9.17) is 4.74 Å². The van der Waals surface area contributed by atoms with Crippen LogP contribution in [0, 0.1) is 12.8 Å². The quantitative estimate of drug-likeness (QED) is 0.674. The third-order valence-corrected chi connectivity index (χ3v) is 3.34. The van der Waals surface area contributed by atoms with Gasteiger partial charge in [-0.3, -0.25) is 4.79 Å². The molecular weight excluding hydrogens is 240 g/mol. The topological polar surface area (TPSA) is 50.4 Å². The molecule has 0 aliphatic rings. The van der Waals surface area contributed by atoms with Crippen LogP contribution >= 0.6 is 0 Å². The molecule has 0 aromatic heterocycles. The Kier molecular flexibility index (Phi) is 6.79. The smallest absolute Gasteiger partial charge is 0.207 e. The lowest BCUT2D eigenvalue weighted by Crippen LogP contribution is -2.22. The zero-order valence-electron chi connectivity index (χ0n) is 12.0. The maximum Gasteiger partial charge on any atom is 0.207 e. The van der Waals surface area contributed by atoms with Crippen molar-refractivity contribution >= 4 is 12.1 Å². The third kappa shape index (κ3) is 5.20. The van der Waals surface area contributed by atoms with E-state index >= 15 is 0 Å². The lowest BCUT2D eigenvalue weighted by Gasteiger charge is -2.15. The van der Waals surface area contributed by atoms with Gasteiger partial charge in [-0.2, -0.15) is 0 Å². The van der Waals surface area contributed by atoms with E-state index in [-0.39, 0.29) is 0 Å². The molecule has 4 heteroatoms. The Morgan fingerprint density at radius 2 is 2.21 bits per heavy atom. The van der Waals surface area contributed by atoms with Crippen LogP contribution in [0.2, 0.25) is 0 Å². The number of nitrogens with one attached hydrogen (secondary N) is 2. The fourth-order valence-electron chi connectivity index (χ4n) is 2.07. The van der Waals surface area contributed by atoms with Gasteiger partial charge in [0.2, 0.25) is 6.41 Å². The number of benzene rings is 1. The average molecular weight is 264 g/mol. The number of aryl methyl sites for hydroxylation is 1. The molecule has 0 radical (unpaired) electrons. The van der Waals surface area contributed by atoms with Crippen LogP contribution in [0.3, 0.4) is 0 Å². The Morgan fingerprint density at radius 1 is 1.42 bits per heavy atom. The van der Waals surface area contributed by atoms with E-state index in [2.05, 4.69) is 23.6 Å². The molecule has 0 bridgehead atoms. The van der Waals surface area contributed by atoms with Gasteiger partial charge < -0.3 is 15.4 Å². The van der Waals surface area contributed by atoms with Crippen molar-refractivity contribution in [2.75, 3.05) is 25.5 Å². The summed E-state index contributed by atoms with van der Waals surface area (Å²) in [6.45, 7) is 5.84. The zero-order valence-corrected chi connectivity index (χ0v) is 12.0. The Bertz CT molecular complexity index is 394. The van der Waals surface area contributed by atoms with Gasteiger partial charge >= 0.3 is 0 Å². The molecule has 106 valence electrons. The molecule has 1 rings (SSSR count). The first kappa shape index (κ1) is 15.3. The zero-order chi connectivity index (χ0) is 14.1. The van der Waals surface area contributed by atoms with Crippen LogP contribution in [0.25, 0.3) is 0 Å². The Hall–Kier alpha value is -1.71. The minimum atomic E-state index is 0.525. The molecule has 1 amide bonds. The highest BCUT2D eigenvalue weighted by molar-refractivity contribution is 5.50. The molecule has 0 saturated heterocycles. The summed E-state index contributed by atoms with van der Waals surface area (Å²) in [7, 11) is 1.68. The number of methoxy groups -OCH3 is 1. The van der Waals surface area contributed by atoms with Gasteiger partial charge in [0, 0.05) is 18.8 Å². The molecule has 19 heavy (non-hydrogen) atoms. The highest BCUT2D eigenvalue weighted by Gasteiger charge is 2.05. The highest BCUT2D eigenvalue weighted by Crippen LogP contribution is 2.21. The summed E-state index contributed by atoms with van der Waals surface area (Å²) in [6, 6.07) is 6.09. The Morgan fingerprint density at radius 3 is 2.79 bits per heavy atom. The van der Waals surface area contributed by atoms with Crippen molar-refractivity contribution in [3.63, 3.8) is 0 Å². The number of amides is 1. The summed E-state index contributed by atoms with van der Waals surface area (Å²) in [5.41, 5.74) is 2.23. The van der Waals surface area contributed by atoms with E-state index in [1.807, 2.05) is 19.1 Å². The maximum atomic E-state index is 10.3. The first-order chi connectivity index (χ1) is 9.21. The average Bonchev–Trinajstić information content (AvgIpc) is 2.42. The molecule has 0 fully saturated rings. The van der Waals surface area contributed by atoms with Crippen LogP contribution in [0.5, 0.6) is 5.75 Å². The van der Waals surface area contributed by atoms with Crippen molar-refractivity contribution in [3.05, 3.63) is 23.8 Å². The number of hydrogen-bond donors (Lipinski definition) is 2. The molecule has 2 N–H and O–H groups in total. The van der Waals surface area contributed by atoms with Crippen LogP contribution in [-0.4, -0.2) is 26.6 Å². The third-order valence-electron chi connectivity index (χ3n) is 3.34. The lowest BCUT2D eigenvalue weighted by molar-refractivity contribution is -0.109. The number of hydrogen-bond acceptors (Lipinski definition) is 3. The number of ether oxygens (including phenoxy) is 1. The van der Waals surface area contributed by atoms with Crippen molar-refractivity contribution in [3.8, 4) is 5.75 Å². The van der Waals surface area contributed by atoms with E-state index in [1.165, 1.54) is 0 Å². The van der Waals surface area contributed by atoms with Gasteiger partial charge in [0.05, 0.1) is 7.11 Å². The molecular formula is C15H24N2O2. The van der Waals surface area contributed by atoms with E-state index < -0.39 is 0 Å². The fraction of sp³-hybridized carbons (Fsp3) is 0.533. The summed E-state index contributed by atoms with van der Waals surface area (Å²) in [4.78, 5) is 10.3. The van der Waals surface area contributed by atoms with Gasteiger partial charge in [0.25, 0.3) is 0 Å². The summed E-state index contributed by atoms with van der Waals surface area (Å²) in [6.07, 6.45) is 2.88. The van der Waals surface area contributed by atoms with Crippen LogP contribution in [0.15, 0.2) is 18.2 Å². The summed E-state index contributed by atoms with van der Waals surface area (Å²) in [5, 5.41) is 6.15. The maximum absolute atomic E-state index is 10.3. The van der Waals surface area contributed by atoms with Gasteiger partial charge in [0.1, 0.15) is 5.75 Å². The van der Waals surface area contributed by atoms with Crippen molar-refractivity contribution in [1.82, 2.24) is 5.32 Å². The molecule has 0 saturated carbocycles. The number of anilines is 1. The normalized spacial score (nSPS) is 11.7. The number of rotatable bonds is 9.